The summed E-state index contributed by atoms with van der Waals surface area (Å²) in [5.74, 6) is 5.32. The number of hydrazine groups is 1. The van der Waals surface area contributed by atoms with E-state index in [2.05, 4.69) is 53.5 Å². The van der Waals surface area contributed by atoms with E-state index < -0.39 is 0 Å². The molecular weight excluding hydrogens is 244 g/mol. The Kier molecular flexibility index (Phi) is 4.30. The molecule has 18 heavy (non-hydrogen) atoms. The molecule has 0 saturated heterocycles. The van der Waals surface area contributed by atoms with Crippen molar-refractivity contribution >= 4 is 16.5 Å². The molecule has 0 saturated carbocycles. The summed E-state index contributed by atoms with van der Waals surface area (Å²) >= 11 is 1.59. The molecule has 2 aromatic rings. The van der Waals surface area contributed by atoms with Gasteiger partial charge in [0, 0.05) is 24.2 Å². The van der Waals surface area contributed by atoms with Crippen molar-refractivity contribution in [2.24, 2.45) is 5.84 Å². The third-order valence-electron chi connectivity index (χ3n) is 2.68. The summed E-state index contributed by atoms with van der Waals surface area (Å²) in [6.07, 6.45) is 1.87. The third kappa shape index (κ3) is 3.53. The number of nitrogens with two attached hydrogens (primary N) is 1. The second kappa shape index (κ2) is 5.95. The number of aromatic nitrogens is 1. The van der Waals surface area contributed by atoms with Crippen LogP contribution in [0.15, 0.2) is 30.5 Å². The van der Waals surface area contributed by atoms with Gasteiger partial charge in [-0.25, -0.2) is 10.8 Å². The SMILES string of the molecule is Cc1ccc(CN(C)Cc2cnc(NN)s2)cc1. The van der Waals surface area contributed by atoms with Crippen LogP contribution in [0, 0.1) is 6.92 Å². The Morgan fingerprint density at radius 2 is 2.00 bits per heavy atom. The van der Waals surface area contributed by atoms with Crippen LogP contribution < -0.4 is 11.3 Å². The predicted molar refractivity (Wildman–Crippen MR) is 76.3 cm³/mol. The van der Waals surface area contributed by atoms with Gasteiger partial charge >= 0.3 is 0 Å². The molecule has 3 N–H and O–H groups in total. The highest BCUT2D eigenvalue weighted by molar-refractivity contribution is 7.15. The first-order valence-electron chi connectivity index (χ1n) is 5.83. The minimum Gasteiger partial charge on any atom is -0.300 e. The molecule has 0 fully saturated rings. The van der Waals surface area contributed by atoms with E-state index >= 15 is 0 Å². The molecule has 1 aromatic heterocycles. The number of nitrogen functional groups attached to an aromatic ring is 1. The smallest absolute Gasteiger partial charge is 0.197 e. The van der Waals surface area contributed by atoms with Crippen molar-refractivity contribution in [1.29, 1.82) is 0 Å². The van der Waals surface area contributed by atoms with Gasteiger partial charge in [-0.1, -0.05) is 41.2 Å². The second-order valence-corrected chi connectivity index (χ2v) is 5.55. The van der Waals surface area contributed by atoms with Gasteiger partial charge in [0.05, 0.1) is 0 Å². The summed E-state index contributed by atoms with van der Waals surface area (Å²) in [5, 5.41) is 0.758. The van der Waals surface area contributed by atoms with Crippen LogP contribution in [0.5, 0.6) is 0 Å². The van der Waals surface area contributed by atoms with E-state index in [4.69, 9.17) is 5.84 Å². The lowest BCUT2D eigenvalue weighted by Gasteiger charge is -2.15. The van der Waals surface area contributed by atoms with Crippen molar-refractivity contribution < 1.29 is 0 Å². The van der Waals surface area contributed by atoms with Crippen LogP contribution >= 0.6 is 11.3 Å². The first-order chi connectivity index (χ1) is 8.67. The van der Waals surface area contributed by atoms with Gasteiger partial charge in [0.15, 0.2) is 5.13 Å². The lowest BCUT2D eigenvalue weighted by atomic mass is 10.1. The van der Waals surface area contributed by atoms with Gasteiger partial charge in [-0.05, 0) is 19.5 Å². The molecule has 0 amide bonds. The van der Waals surface area contributed by atoms with E-state index in [9.17, 15) is 0 Å². The largest absolute Gasteiger partial charge is 0.300 e. The number of rotatable bonds is 5. The fourth-order valence-corrected chi connectivity index (χ4v) is 2.58. The molecular formula is C13H18N4S. The fraction of sp³-hybridized carbons (Fsp3) is 0.308. The molecule has 0 atom stereocenters. The summed E-state index contributed by atoms with van der Waals surface area (Å²) in [6, 6.07) is 8.63. The zero-order valence-corrected chi connectivity index (χ0v) is 11.5. The van der Waals surface area contributed by atoms with Crippen LogP contribution in [0.2, 0.25) is 0 Å². The van der Waals surface area contributed by atoms with Gasteiger partial charge in [-0.3, -0.25) is 10.3 Å². The molecule has 1 aromatic carbocycles. The second-order valence-electron chi connectivity index (χ2n) is 4.43. The van der Waals surface area contributed by atoms with Gasteiger partial charge in [0.25, 0.3) is 0 Å². The van der Waals surface area contributed by atoms with E-state index in [-0.39, 0.29) is 0 Å². The maximum Gasteiger partial charge on any atom is 0.197 e. The Bertz CT molecular complexity index is 492. The van der Waals surface area contributed by atoms with E-state index in [1.54, 1.807) is 11.3 Å². The molecule has 0 unspecified atom stereocenters. The Morgan fingerprint density at radius 1 is 1.28 bits per heavy atom. The van der Waals surface area contributed by atoms with Gasteiger partial charge < -0.3 is 0 Å². The normalized spacial score (nSPS) is 10.9. The highest BCUT2D eigenvalue weighted by atomic mass is 32.1. The number of nitrogens with one attached hydrogen (secondary N) is 1. The van der Waals surface area contributed by atoms with Crippen molar-refractivity contribution in [3.63, 3.8) is 0 Å². The molecule has 2 rings (SSSR count). The first-order valence-corrected chi connectivity index (χ1v) is 6.64. The van der Waals surface area contributed by atoms with Crippen molar-refractivity contribution in [1.82, 2.24) is 9.88 Å². The minimum absolute atomic E-state index is 0.758. The molecule has 0 radical (unpaired) electrons. The number of anilines is 1. The Balaban J connectivity index is 1.91. The monoisotopic (exact) mass is 262 g/mol. The summed E-state index contributed by atoms with van der Waals surface area (Å²) in [4.78, 5) is 7.63. The number of nitrogens with zero attached hydrogens (tertiary/aromatic N) is 2. The van der Waals surface area contributed by atoms with Crippen LogP contribution in [-0.4, -0.2) is 16.9 Å². The fourth-order valence-electron chi connectivity index (χ4n) is 1.77. The molecule has 96 valence electrons. The summed E-state index contributed by atoms with van der Waals surface area (Å²) in [5.41, 5.74) is 5.18. The van der Waals surface area contributed by atoms with Crippen LogP contribution in [-0.2, 0) is 13.1 Å². The highest BCUT2D eigenvalue weighted by Crippen LogP contribution is 2.18. The molecule has 0 bridgehead atoms. The summed E-state index contributed by atoms with van der Waals surface area (Å²) in [6.45, 7) is 3.92. The standard InChI is InChI=1S/C13H18N4S/c1-10-3-5-11(6-4-10)8-17(2)9-12-7-15-13(16-14)18-12/h3-7H,8-9,14H2,1-2H3,(H,15,16). The highest BCUT2D eigenvalue weighted by Gasteiger charge is 2.05. The number of benzene rings is 1. The van der Waals surface area contributed by atoms with Crippen LogP contribution in [0.3, 0.4) is 0 Å². The number of thiazole rings is 1. The van der Waals surface area contributed by atoms with E-state index in [0.29, 0.717) is 0 Å². The Labute approximate surface area is 111 Å². The van der Waals surface area contributed by atoms with Crippen molar-refractivity contribution in [3.8, 4) is 0 Å². The molecule has 0 aliphatic heterocycles. The molecule has 0 aliphatic carbocycles. The van der Waals surface area contributed by atoms with E-state index in [0.717, 1.165) is 18.2 Å². The topological polar surface area (TPSA) is 54.2 Å². The van der Waals surface area contributed by atoms with E-state index in [1.807, 2.05) is 6.20 Å². The van der Waals surface area contributed by atoms with Crippen molar-refractivity contribution in [3.05, 3.63) is 46.5 Å². The number of hydrogen-bond acceptors (Lipinski definition) is 5. The van der Waals surface area contributed by atoms with Crippen molar-refractivity contribution in [2.75, 3.05) is 12.5 Å². The van der Waals surface area contributed by atoms with Gasteiger partial charge in [0.2, 0.25) is 0 Å². The molecule has 0 aliphatic rings. The van der Waals surface area contributed by atoms with Crippen LogP contribution in [0.4, 0.5) is 5.13 Å². The summed E-state index contributed by atoms with van der Waals surface area (Å²) < 4.78 is 0. The molecule has 5 heteroatoms. The van der Waals surface area contributed by atoms with Gasteiger partial charge in [-0.15, -0.1) is 0 Å². The third-order valence-corrected chi connectivity index (χ3v) is 3.59. The van der Waals surface area contributed by atoms with Crippen LogP contribution in [0.25, 0.3) is 0 Å². The number of aryl methyl sites for hydroxylation is 1. The zero-order valence-electron chi connectivity index (χ0n) is 10.7. The first kappa shape index (κ1) is 13.0. The van der Waals surface area contributed by atoms with Gasteiger partial charge in [0.1, 0.15) is 0 Å². The zero-order chi connectivity index (χ0) is 13.0. The summed E-state index contributed by atoms with van der Waals surface area (Å²) in [7, 11) is 2.11. The van der Waals surface area contributed by atoms with Crippen LogP contribution in [0.1, 0.15) is 16.0 Å². The Hall–Kier alpha value is -1.43. The van der Waals surface area contributed by atoms with Crippen molar-refractivity contribution in [2.45, 2.75) is 20.0 Å². The quantitative estimate of drug-likeness (QED) is 0.641. The number of hydrogen-bond donors (Lipinski definition) is 2. The van der Waals surface area contributed by atoms with E-state index in [1.165, 1.54) is 16.0 Å². The maximum absolute atomic E-state index is 5.32. The Morgan fingerprint density at radius 3 is 2.61 bits per heavy atom. The molecule has 1 heterocycles. The average Bonchev–Trinajstić information content (AvgIpc) is 2.79. The lowest BCUT2D eigenvalue weighted by molar-refractivity contribution is 0.322. The molecule has 0 spiro atoms. The average molecular weight is 262 g/mol. The maximum atomic E-state index is 5.32. The van der Waals surface area contributed by atoms with Gasteiger partial charge in [-0.2, -0.15) is 0 Å². The minimum atomic E-state index is 0.758. The predicted octanol–water partition coefficient (Wildman–Crippen LogP) is 2.37. The lowest BCUT2D eigenvalue weighted by Crippen LogP contribution is -2.16. The molecule has 4 nitrogen and oxygen atoms in total.